The molecule has 2 aliphatic rings. The fraction of sp³-hybridized carbons (Fsp3) is 0.462. The third-order valence-electron chi connectivity index (χ3n) is 3.29. The summed E-state index contributed by atoms with van der Waals surface area (Å²) in [7, 11) is 0. The molecule has 0 bridgehead atoms. The molecule has 3 nitrogen and oxygen atoms in total. The van der Waals surface area contributed by atoms with E-state index in [0.29, 0.717) is 5.25 Å². The Morgan fingerprint density at radius 3 is 3.24 bits per heavy atom. The largest absolute Gasteiger partial charge is 0.371 e. The molecule has 1 spiro atoms. The zero-order chi connectivity index (χ0) is 11.7. The molecular weight excluding hydrogens is 232 g/mol. The van der Waals surface area contributed by atoms with Crippen LogP contribution in [0.25, 0.3) is 0 Å². The first-order chi connectivity index (χ1) is 8.32. The van der Waals surface area contributed by atoms with Crippen LogP contribution in [0.5, 0.6) is 0 Å². The molecule has 1 aliphatic heterocycles. The smallest absolute Gasteiger partial charge is 0.0992 e. The van der Waals surface area contributed by atoms with E-state index in [-0.39, 0.29) is 5.60 Å². The fourth-order valence-electron chi connectivity index (χ4n) is 2.22. The van der Waals surface area contributed by atoms with Crippen molar-refractivity contribution in [2.24, 2.45) is 0 Å². The van der Waals surface area contributed by atoms with Crippen LogP contribution in [0, 0.1) is 11.3 Å². The topological polar surface area (TPSA) is 45.0 Å². The van der Waals surface area contributed by atoms with Gasteiger partial charge >= 0.3 is 0 Å². The Morgan fingerprint density at radius 1 is 1.53 bits per heavy atom. The van der Waals surface area contributed by atoms with Gasteiger partial charge in [0.25, 0.3) is 0 Å². The average Bonchev–Trinajstić information content (AvgIpc) is 3.02. The summed E-state index contributed by atoms with van der Waals surface area (Å²) < 4.78 is 5.87. The number of hydrogen-bond acceptors (Lipinski definition) is 4. The van der Waals surface area contributed by atoms with Crippen LogP contribution >= 0.6 is 11.8 Å². The van der Waals surface area contributed by atoms with E-state index in [0.717, 1.165) is 31.7 Å². The zero-order valence-corrected chi connectivity index (χ0v) is 10.3. The van der Waals surface area contributed by atoms with E-state index in [1.807, 2.05) is 30.0 Å². The molecule has 0 aromatic heterocycles. The minimum Gasteiger partial charge on any atom is -0.371 e. The number of benzene rings is 1. The summed E-state index contributed by atoms with van der Waals surface area (Å²) in [5.41, 5.74) is 0.790. The van der Waals surface area contributed by atoms with Crippen molar-refractivity contribution in [1.29, 1.82) is 5.26 Å². The summed E-state index contributed by atoms with van der Waals surface area (Å²) in [4.78, 5) is 1.17. The Balaban J connectivity index is 1.67. The summed E-state index contributed by atoms with van der Waals surface area (Å²) in [5, 5.41) is 12.8. The van der Waals surface area contributed by atoms with E-state index in [1.165, 1.54) is 4.90 Å². The zero-order valence-electron chi connectivity index (χ0n) is 9.48. The molecule has 1 aliphatic carbocycles. The average molecular weight is 246 g/mol. The van der Waals surface area contributed by atoms with Crippen molar-refractivity contribution in [3.05, 3.63) is 29.8 Å². The van der Waals surface area contributed by atoms with Crippen LogP contribution in [0.15, 0.2) is 29.2 Å². The van der Waals surface area contributed by atoms with Gasteiger partial charge in [-0.2, -0.15) is 5.26 Å². The van der Waals surface area contributed by atoms with Crippen molar-refractivity contribution in [3.63, 3.8) is 0 Å². The summed E-state index contributed by atoms with van der Waals surface area (Å²) in [6, 6.07) is 9.97. The van der Waals surface area contributed by atoms with Gasteiger partial charge in [-0.1, -0.05) is 6.07 Å². The predicted octanol–water partition coefficient (Wildman–Crippen LogP) is 1.78. The van der Waals surface area contributed by atoms with Crippen LogP contribution in [0.3, 0.4) is 0 Å². The highest BCUT2D eigenvalue weighted by Gasteiger charge is 2.56. The summed E-state index contributed by atoms with van der Waals surface area (Å²) in [6.07, 6.45) is 1.11. The predicted molar refractivity (Wildman–Crippen MR) is 67.0 cm³/mol. The molecule has 1 saturated heterocycles. The van der Waals surface area contributed by atoms with Gasteiger partial charge in [-0.3, -0.25) is 0 Å². The van der Waals surface area contributed by atoms with Crippen molar-refractivity contribution in [1.82, 2.24) is 5.32 Å². The second-order valence-electron chi connectivity index (χ2n) is 4.54. The van der Waals surface area contributed by atoms with E-state index < -0.39 is 0 Å². The van der Waals surface area contributed by atoms with E-state index in [4.69, 9.17) is 10.00 Å². The van der Waals surface area contributed by atoms with Gasteiger partial charge < -0.3 is 10.1 Å². The van der Waals surface area contributed by atoms with Gasteiger partial charge in [0.2, 0.25) is 0 Å². The number of nitrogens with zero attached hydrogens (tertiary/aromatic N) is 1. The number of morpholine rings is 1. The molecule has 1 aromatic rings. The van der Waals surface area contributed by atoms with Crippen LogP contribution in [-0.2, 0) is 4.74 Å². The summed E-state index contributed by atoms with van der Waals surface area (Å²) >= 11 is 1.83. The molecule has 2 atom stereocenters. The number of ether oxygens (including phenoxy) is 1. The highest BCUT2D eigenvalue weighted by atomic mass is 32.2. The second kappa shape index (κ2) is 4.34. The van der Waals surface area contributed by atoms with Crippen molar-refractivity contribution < 1.29 is 4.74 Å². The maximum absolute atomic E-state index is 8.86. The Bertz CT molecular complexity index is 463. The van der Waals surface area contributed by atoms with E-state index >= 15 is 0 Å². The van der Waals surface area contributed by atoms with Crippen LogP contribution < -0.4 is 5.32 Å². The molecule has 1 aromatic carbocycles. The summed E-state index contributed by atoms with van der Waals surface area (Å²) in [5.74, 6) is 0. The van der Waals surface area contributed by atoms with Crippen molar-refractivity contribution >= 4 is 11.8 Å². The number of nitriles is 1. The maximum Gasteiger partial charge on any atom is 0.0992 e. The van der Waals surface area contributed by atoms with Crippen molar-refractivity contribution in [3.8, 4) is 6.07 Å². The van der Waals surface area contributed by atoms with Gasteiger partial charge in [0.1, 0.15) is 0 Å². The lowest BCUT2D eigenvalue weighted by atomic mass is 10.2. The van der Waals surface area contributed by atoms with Crippen LogP contribution in [0.4, 0.5) is 0 Å². The van der Waals surface area contributed by atoms with Crippen LogP contribution in [0.2, 0.25) is 0 Å². The minimum atomic E-state index is 0.0611. The first-order valence-electron chi connectivity index (χ1n) is 5.84. The Morgan fingerprint density at radius 2 is 2.47 bits per heavy atom. The first kappa shape index (κ1) is 11.1. The van der Waals surface area contributed by atoms with E-state index in [1.54, 1.807) is 0 Å². The standard InChI is InChI=1S/C13H14N2OS/c14-8-10-2-1-3-11(6-10)17-12-7-13(12)9-15-4-5-16-13/h1-3,6,12,15H,4-5,7,9H2/t12-,13+/m0/s1. The lowest BCUT2D eigenvalue weighted by molar-refractivity contribution is 0.0102. The molecule has 0 unspecified atom stereocenters. The fourth-order valence-corrected chi connectivity index (χ4v) is 3.63. The lowest BCUT2D eigenvalue weighted by Crippen LogP contribution is -2.42. The lowest BCUT2D eigenvalue weighted by Gasteiger charge is -2.24. The molecule has 88 valence electrons. The number of nitrogens with one attached hydrogen (secondary N) is 1. The highest BCUT2D eigenvalue weighted by Crippen LogP contribution is 2.51. The van der Waals surface area contributed by atoms with Gasteiger partial charge in [0.15, 0.2) is 0 Å². The second-order valence-corrected chi connectivity index (χ2v) is 5.82. The Hall–Kier alpha value is -1.02. The van der Waals surface area contributed by atoms with Crippen molar-refractivity contribution in [2.75, 3.05) is 19.7 Å². The van der Waals surface area contributed by atoms with Crippen LogP contribution in [-0.4, -0.2) is 30.5 Å². The quantitative estimate of drug-likeness (QED) is 0.864. The molecule has 17 heavy (non-hydrogen) atoms. The molecule has 1 saturated carbocycles. The van der Waals surface area contributed by atoms with Gasteiger partial charge in [0, 0.05) is 23.2 Å². The molecule has 2 fully saturated rings. The number of thioether (sulfide) groups is 1. The van der Waals surface area contributed by atoms with Gasteiger partial charge in [0.05, 0.1) is 23.8 Å². The normalized spacial score (nSPS) is 31.1. The molecule has 0 radical (unpaired) electrons. The summed E-state index contributed by atoms with van der Waals surface area (Å²) in [6.45, 7) is 2.74. The molecule has 1 N–H and O–H groups in total. The third-order valence-corrected chi connectivity index (χ3v) is 4.70. The Labute approximate surface area is 105 Å². The highest BCUT2D eigenvalue weighted by molar-refractivity contribution is 8.00. The third kappa shape index (κ3) is 2.19. The monoisotopic (exact) mass is 246 g/mol. The molecule has 1 heterocycles. The number of hydrogen-bond donors (Lipinski definition) is 1. The van der Waals surface area contributed by atoms with Gasteiger partial charge in [-0.05, 0) is 24.6 Å². The van der Waals surface area contributed by atoms with Gasteiger partial charge in [-0.25, -0.2) is 0 Å². The molecule has 4 heteroatoms. The Kier molecular flexibility index (Phi) is 2.83. The molecule has 3 rings (SSSR count). The SMILES string of the molecule is N#Cc1cccc(S[C@H]2C[C@@]23CNCCO3)c1. The maximum atomic E-state index is 8.86. The minimum absolute atomic E-state index is 0.0611. The number of rotatable bonds is 2. The van der Waals surface area contributed by atoms with E-state index in [2.05, 4.69) is 17.5 Å². The molecule has 0 amide bonds. The first-order valence-corrected chi connectivity index (χ1v) is 6.72. The molecular formula is C13H14N2OS. The van der Waals surface area contributed by atoms with E-state index in [9.17, 15) is 0 Å². The van der Waals surface area contributed by atoms with Crippen molar-refractivity contribution in [2.45, 2.75) is 22.2 Å². The van der Waals surface area contributed by atoms with Gasteiger partial charge in [-0.15, -0.1) is 11.8 Å². The van der Waals surface area contributed by atoms with Crippen LogP contribution in [0.1, 0.15) is 12.0 Å².